The van der Waals surface area contributed by atoms with Gasteiger partial charge >= 0.3 is 5.97 Å². The van der Waals surface area contributed by atoms with Crippen molar-refractivity contribution in [2.45, 2.75) is 64.3 Å². The van der Waals surface area contributed by atoms with Crippen LogP contribution >= 0.6 is 0 Å². The maximum absolute atomic E-state index is 13.0. The molecule has 1 atom stereocenters. The fraction of sp³-hybridized carbons (Fsp3) is 0.692. The number of aromatic nitrogens is 1. The van der Waals surface area contributed by atoms with Crippen LogP contribution in [-0.2, 0) is 27.3 Å². The van der Waals surface area contributed by atoms with Crippen molar-refractivity contribution < 1.29 is 23.9 Å². The molecule has 3 heterocycles. The number of likely N-dealkylation sites (tertiary alicyclic amines) is 1. The molecule has 0 N–H and O–H groups in total. The predicted molar refractivity (Wildman–Crippen MR) is 129 cm³/mol. The Hall–Kier alpha value is -2.84. The van der Waals surface area contributed by atoms with Crippen molar-refractivity contribution in [3.05, 3.63) is 27.7 Å². The Bertz CT molecular complexity index is 1010. The summed E-state index contributed by atoms with van der Waals surface area (Å²) < 4.78 is 12.5. The van der Waals surface area contributed by atoms with Crippen molar-refractivity contribution in [2.75, 3.05) is 40.4 Å². The van der Waals surface area contributed by atoms with Crippen LogP contribution < -0.4 is 10.3 Å². The van der Waals surface area contributed by atoms with Crippen molar-refractivity contribution in [2.24, 2.45) is 11.8 Å². The number of carbonyl (C=O) groups is 3. The van der Waals surface area contributed by atoms with Gasteiger partial charge in [0.15, 0.2) is 0 Å². The van der Waals surface area contributed by atoms with Crippen LogP contribution in [0.4, 0.5) is 0 Å². The molecule has 0 radical (unpaired) electrons. The van der Waals surface area contributed by atoms with E-state index in [1.807, 2.05) is 4.90 Å². The van der Waals surface area contributed by atoms with Crippen LogP contribution in [0.15, 0.2) is 10.9 Å². The molecule has 35 heavy (non-hydrogen) atoms. The summed E-state index contributed by atoms with van der Waals surface area (Å²) in [5, 5.41) is 0. The first-order valence-corrected chi connectivity index (χ1v) is 12.9. The molecule has 1 aromatic heterocycles. The lowest BCUT2D eigenvalue weighted by molar-refractivity contribution is -0.131. The maximum atomic E-state index is 13.0. The minimum Gasteiger partial charge on any atom is -0.492 e. The molecule has 4 rings (SSSR count). The van der Waals surface area contributed by atoms with E-state index < -0.39 is 5.97 Å². The van der Waals surface area contributed by atoms with Crippen LogP contribution in [0, 0.1) is 11.8 Å². The Morgan fingerprint density at radius 2 is 1.83 bits per heavy atom. The number of fused-ring (bicyclic) bond motifs is 1. The highest BCUT2D eigenvalue weighted by Gasteiger charge is 2.30. The fourth-order valence-electron chi connectivity index (χ4n) is 5.67. The molecule has 0 bridgehead atoms. The molecule has 9 nitrogen and oxygen atoms in total. The average molecular weight is 488 g/mol. The summed E-state index contributed by atoms with van der Waals surface area (Å²) in [5.41, 5.74) is 0.515. The van der Waals surface area contributed by atoms with E-state index in [2.05, 4.69) is 0 Å². The van der Waals surface area contributed by atoms with Crippen molar-refractivity contribution in [3.8, 4) is 5.75 Å². The van der Waals surface area contributed by atoms with E-state index in [1.165, 1.54) is 45.3 Å². The lowest BCUT2D eigenvalue weighted by Crippen LogP contribution is -2.34. The second-order valence-electron chi connectivity index (χ2n) is 10.1. The number of rotatable bonds is 7. The van der Waals surface area contributed by atoms with E-state index in [0.29, 0.717) is 57.1 Å². The van der Waals surface area contributed by atoms with Gasteiger partial charge in [-0.25, -0.2) is 4.79 Å². The van der Waals surface area contributed by atoms with E-state index in [4.69, 9.17) is 9.47 Å². The van der Waals surface area contributed by atoms with Crippen LogP contribution in [0.3, 0.4) is 0 Å². The van der Waals surface area contributed by atoms with Gasteiger partial charge in [-0.2, -0.15) is 0 Å². The standard InChI is InChI=1S/C26H37N3O6/c1-27-16-19(14-23(27)31)17-35-21-15-24(32)29-13-12-28(11-10-20(29)25(21)26(33)34-2)22(30)9-8-18-6-4-3-5-7-18/h15,18-19H,3-14,16-17H2,1-2H3/t19-/m0/s1. The second kappa shape index (κ2) is 11.3. The number of amides is 2. The predicted octanol–water partition coefficient (Wildman–Crippen LogP) is 2.24. The summed E-state index contributed by atoms with van der Waals surface area (Å²) in [4.78, 5) is 54.0. The smallest absolute Gasteiger partial charge is 0.343 e. The molecule has 1 saturated carbocycles. The van der Waals surface area contributed by atoms with Crippen molar-refractivity contribution in [1.29, 1.82) is 0 Å². The molecular formula is C26H37N3O6. The van der Waals surface area contributed by atoms with E-state index in [9.17, 15) is 19.2 Å². The van der Waals surface area contributed by atoms with Crippen LogP contribution in [0.2, 0.25) is 0 Å². The zero-order valence-electron chi connectivity index (χ0n) is 20.9. The van der Waals surface area contributed by atoms with Gasteiger partial charge in [-0.05, 0) is 12.3 Å². The number of ether oxygens (including phenoxy) is 2. The molecule has 1 aliphatic carbocycles. The Labute approximate surface area is 206 Å². The lowest BCUT2D eigenvalue weighted by atomic mass is 9.86. The van der Waals surface area contributed by atoms with E-state index in [-0.39, 0.29) is 41.2 Å². The molecule has 2 fully saturated rings. The van der Waals surface area contributed by atoms with Gasteiger partial charge in [0.1, 0.15) is 11.3 Å². The molecule has 9 heteroatoms. The number of pyridine rings is 1. The average Bonchev–Trinajstić information content (AvgIpc) is 3.04. The third-order valence-corrected chi connectivity index (χ3v) is 7.72. The highest BCUT2D eigenvalue weighted by atomic mass is 16.5. The first-order valence-electron chi connectivity index (χ1n) is 12.9. The van der Waals surface area contributed by atoms with E-state index in [1.54, 1.807) is 16.5 Å². The molecule has 1 saturated heterocycles. The third-order valence-electron chi connectivity index (χ3n) is 7.72. The first-order chi connectivity index (χ1) is 16.9. The van der Waals surface area contributed by atoms with Gasteiger partial charge in [-0.15, -0.1) is 0 Å². The summed E-state index contributed by atoms with van der Waals surface area (Å²) in [6, 6.07) is 1.33. The largest absolute Gasteiger partial charge is 0.492 e. The van der Waals surface area contributed by atoms with E-state index >= 15 is 0 Å². The van der Waals surface area contributed by atoms with Crippen LogP contribution in [0.25, 0.3) is 0 Å². The summed E-state index contributed by atoms with van der Waals surface area (Å²) >= 11 is 0. The molecular weight excluding hydrogens is 450 g/mol. The minimum atomic E-state index is -0.569. The van der Waals surface area contributed by atoms with Gasteiger partial charge in [0.2, 0.25) is 11.8 Å². The van der Waals surface area contributed by atoms with Gasteiger partial charge in [-0.3, -0.25) is 14.4 Å². The maximum Gasteiger partial charge on any atom is 0.343 e. The molecule has 2 amide bonds. The minimum absolute atomic E-state index is 0.00293. The Morgan fingerprint density at radius 1 is 1.06 bits per heavy atom. The number of methoxy groups -OCH3 is 1. The van der Waals surface area contributed by atoms with Gasteiger partial charge in [0, 0.05) is 70.2 Å². The lowest BCUT2D eigenvalue weighted by Gasteiger charge is -2.24. The molecule has 2 aliphatic heterocycles. The third kappa shape index (κ3) is 5.87. The molecule has 192 valence electrons. The van der Waals surface area contributed by atoms with Crippen LogP contribution in [0.5, 0.6) is 5.75 Å². The van der Waals surface area contributed by atoms with Gasteiger partial charge in [-0.1, -0.05) is 32.1 Å². The fourth-order valence-corrected chi connectivity index (χ4v) is 5.67. The SMILES string of the molecule is COC(=O)c1c(OC[C@H]2CC(=O)N(C)C2)cc(=O)n2c1CCN(C(=O)CCC1CCCCC1)CC2. The summed E-state index contributed by atoms with van der Waals surface area (Å²) in [6.45, 7) is 2.02. The highest BCUT2D eigenvalue weighted by molar-refractivity contribution is 5.93. The number of carbonyl (C=O) groups excluding carboxylic acids is 3. The second-order valence-corrected chi connectivity index (χ2v) is 10.1. The zero-order valence-corrected chi connectivity index (χ0v) is 20.9. The first kappa shape index (κ1) is 25.3. The highest BCUT2D eigenvalue weighted by Crippen LogP contribution is 2.28. The molecule has 0 unspecified atom stereocenters. The Kier molecular flexibility index (Phi) is 8.13. The van der Waals surface area contributed by atoms with Gasteiger partial charge in [0.05, 0.1) is 13.7 Å². The Morgan fingerprint density at radius 3 is 2.51 bits per heavy atom. The molecule has 1 aromatic rings. The summed E-state index contributed by atoms with van der Waals surface area (Å²) in [5.74, 6) is 0.425. The number of hydrogen-bond donors (Lipinski definition) is 0. The summed E-state index contributed by atoms with van der Waals surface area (Å²) in [6.07, 6.45) is 8.45. The monoisotopic (exact) mass is 487 g/mol. The van der Waals surface area contributed by atoms with Crippen LogP contribution in [0.1, 0.15) is 67.4 Å². The van der Waals surface area contributed by atoms with Crippen molar-refractivity contribution in [1.82, 2.24) is 14.4 Å². The number of nitrogens with zero attached hydrogens (tertiary/aromatic N) is 3. The van der Waals surface area contributed by atoms with Crippen molar-refractivity contribution in [3.63, 3.8) is 0 Å². The number of hydrogen-bond acceptors (Lipinski definition) is 6. The molecule has 0 aromatic carbocycles. The zero-order chi connectivity index (χ0) is 24.9. The molecule has 0 spiro atoms. The van der Waals surface area contributed by atoms with E-state index in [0.717, 1.165) is 6.42 Å². The quantitative estimate of drug-likeness (QED) is 0.547. The number of esters is 1. The normalized spacial score (nSPS) is 21.0. The van der Waals surface area contributed by atoms with Crippen LogP contribution in [-0.4, -0.2) is 72.5 Å². The van der Waals surface area contributed by atoms with Crippen molar-refractivity contribution >= 4 is 17.8 Å². The van der Waals surface area contributed by atoms with Gasteiger partial charge < -0.3 is 23.8 Å². The Balaban J connectivity index is 1.47. The topological polar surface area (TPSA) is 98.2 Å². The van der Waals surface area contributed by atoms with Gasteiger partial charge in [0.25, 0.3) is 5.56 Å². The molecule has 3 aliphatic rings. The summed E-state index contributed by atoms with van der Waals surface area (Å²) in [7, 11) is 3.05.